The summed E-state index contributed by atoms with van der Waals surface area (Å²) in [7, 11) is 0. The molecule has 0 aliphatic carbocycles. The molecule has 1 atom stereocenters. The molecule has 0 unspecified atom stereocenters. The number of fused-ring (bicyclic) bond motifs is 1. The number of hydrogen-bond acceptors (Lipinski definition) is 4. The van der Waals surface area contributed by atoms with Gasteiger partial charge in [-0.25, -0.2) is 4.98 Å². The Morgan fingerprint density at radius 1 is 1.38 bits per heavy atom. The Bertz CT molecular complexity index is 656. The first kappa shape index (κ1) is 17.2. The Morgan fingerprint density at radius 2 is 2.17 bits per heavy atom. The van der Waals surface area contributed by atoms with Crippen LogP contribution in [0.5, 0.6) is 0 Å². The summed E-state index contributed by atoms with van der Waals surface area (Å²) in [6, 6.07) is 2.41. The number of aromatic nitrogens is 1. The maximum absolute atomic E-state index is 9.78. The summed E-state index contributed by atoms with van der Waals surface area (Å²) in [6.45, 7) is 10.6. The molecule has 130 valence electrons. The molecule has 5 nitrogen and oxygen atoms in total. The molecule has 0 saturated carbocycles. The number of nitrogens with zero attached hydrogens (tertiary/aromatic N) is 1. The number of nitrogens with one attached hydrogen (secondary N) is 2. The molecular formula is C19H28N3O2+. The van der Waals surface area contributed by atoms with E-state index >= 15 is 0 Å². The van der Waals surface area contributed by atoms with Crippen LogP contribution in [0.1, 0.15) is 68.8 Å². The molecule has 1 saturated heterocycles. The van der Waals surface area contributed by atoms with E-state index in [2.05, 4.69) is 44.1 Å². The Morgan fingerprint density at radius 3 is 2.79 bits per heavy atom. The van der Waals surface area contributed by atoms with Crippen LogP contribution in [0.25, 0.3) is 0 Å². The quantitative estimate of drug-likeness (QED) is 0.921. The number of ether oxygens (including phenoxy) is 2. The second kappa shape index (κ2) is 6.70. The van der Waals surface area contributed by atoms with Crippen LogP contribution in [0.15, 0.2) is 0 Å². The summed E-state index contributed by atoms with van der Waals surface area (Å²) in [4.78, 5) is 3.47. The second-order valence-electron chi connectivity index (χ2n) is 7.75. The second-order valence-corrected chi connectivity index (χ2v) is 7.75. The molecular weight excluding hydrogens is 302 g/mol. The monoisotopic (exact) mass is 330 g/mol. The first-order chi connectivity index (χ1) is 11.4. The van der Waals surface area contributed by atoms with Crippen LogP contribution < -0.4 is 10.3 Å². The van der Waals surface area contributed by atoms with E-state index < -0.39 is 0 Å². The molecule has 3 rings (SSSR count). The Labute approximate surface area is 144 Å². The van der Waals surface area contributed by atoms with Gasteiger partial charge in [0.05, 0.1) is 18.3 Å². The molecule has 3 heterocycles. The van der Waals surface area contributed by atoms with Gasteiger partial charge in [-0.05, 0) is 32.3 Å². The fourth-order valence-electron chi connectivity index (χ4n) is 3.61. The molecule has 2 N–H and O–H groups in total. The summed E-state index contributed by atoms with van der Waals surface area (Å²) in [5.74, 6) is 1.17. The van der Waals surface area contributed by atoms with Crippen molar-refractivity contribution in [3.05, 3.63) is 22.4 Å². The van der Waals surface area contributed by atoms with Gasteiger partial charge in [0.1, 0.15) is 23.9 Å². The van der Waals surface area contributed by atoms with Gasteiger partial charge in [-0.2, -0.15) is 5.26 Å². The zero-order valence-corrected chi connectivity index (χ0v) is 15.2. The van der Waals surface area contributed by atoms with Crippen LogP contribution in [0, 0.1) is 11.3 Å². The van der Waals surface area contributed by atoms with Crippen molar-refractivity contribution in [1.29, 1.82) is 5.26 Å². The lowest BCUT2D eigenvalue weighted by molar-refractivity contribution is -0.378. The minimum absolute atomic E-state index is 0.236. The zero-order valence-electron chi connectivity index (χ0n) is 15.2. The summed E-state index contributed by atoms with van der Waals surface area (Å²) in [5.41, 5.74) is 3.94. The fourth-order valence-corrected chi connectivity index (χ4v) is 3.61. The zero-order chi connectivity index (χ0) is 17.3. The smallest absolute Gasteiger partial charge is 0.290 e. The van der Waals surface area contributed by atoms with Crippen LogP contribution in [0.2, 0.25) is 0 Å². The van der Waals surface area contributed by atoms with Crippen molar-refractivity contribution in [1.82, 2.24) is 0 Å². The van der Waals surface area contributed by atoms with Crippen LogP contribution >= 0.6 is 0 Å². The predicted octanol–water partition coefficient (Wildman–Crippen LogP) is 2.94. The van der Waals surface area contributed by atoms with E-state index in [4.69, 9.17) is 9.47 Å². The molecule has 0 spiro atoms. The lowest BCUT2D eigenvalue weighted by Gasteiger charge is -2.33. The van der Waals surface area contributed by atoms with Gasteiger partial charge in [0.15, 0.2) is 0 Å². The summed E-state index contributed by atoms with van der Waals surface area (Å²) >= 11 is 0. The van der Waals surface area contributed by atoms with Gasteiger partial charge in [0, 0.05) is 24.5 Å². The first-order valence-corrected chi connectivity index (χ1v) is 8.91. The topological polar surface area (TPSA) is 68.4 Å². The molecule has 0 radical (unpaired) electrons. The maximum Gasteiger partial charge on any atom is 0.290 e. The molecule has 2 aliphatic heterocycles. The van der Waals surface area contributed by atoms with Crippen LogP contribution in [-0.2, 0) is 22.5 Å². The Hall–Kier alpha value is -1.64. The highest BCUT2D eigenvalue weighted by Crippen LogP contribution is 2.34. The minimum Gasteiger partial charge on any atom is -0.374 e. The van der Waals surface area contributed by atoms with Crippen molar-refractivity contribution in [2.24, 2.45) is 0 Å². The average Bonchev–Trinajstić information content (AvgIpc) is 3.04. The van der Waals surface area contributed by atoms with Crippen molar-refractivity contribution >= 4 is 5.82 Å². The predicted molar refractivity (Wildman–Crippen MR) is 91.8 cm³/mol. The van der Waals surface area contributed by atoms with E-state index in [1.807, 2.05) is 0 Å². The van der Waals surface area contributed by atoms with Crippen LogP contribution in [0.4, 0.5) is 5.82 Å². The van der Waals surface area contributed by atoms with Crippen molar-refractivity contribution in [2.45, 2.75) is 71.2 Å². The van der Waals surface area contributed by atoms with Gasteiger partial charge in [0.2, 0.25) is 0 Å². The number of H-pyrrole nitrogens is 1. The maximum atomic E-state index is 9.78. The van der Waals surface area contributed by atoms with E-state index in [0.717, 1.165) is 60.6 Å². The van der Waals surface area contributed by atoms with Gasteiger partial charge in [-0.15, -0.1) is 0 Å². The lowest BCUT2D eigenvalue weighted by atomic mass is 9.86. The highest BCUT2D eigenvalue weighted by Gasteiger charge is 2.34. The third-order valence-corrected chi connectivity index (χ3v) is 4.93. The largest absolute Gasteiger partial charge is 0.374 e. The molecule has 0 aromatic carbocycles. The summed E-state index contributed by atoms with van der Waals surface area (Å²) in [6.07, 6.45) is 3.20. The highest BCUT2D eigenvalue weighted by atomic mass is 16.5. The molecule has 5 heteroatoms. The van der Waals surface area contributed by atoms with E-state index in [1.54, 1.807) is 0 Å². The van der Waals surface area contributed by atoms with Gasteiger partial charge < -0.3 is 9.47 Å². The SMILES string of the molecule is CC(C)c1[nH+]c(NC[C@H]2CCCO2)c(C#N)c2c1COC(C)(C)C2. The third kappa shape index (κ3) is 3.40. The number of aromatic amines is 1. The Kier molecular flexibility index (Phi) is 4.80. The lowest BCUT2D eigenvalue weighted by Crippen LogP contribution is -2.36. The number of rotatable bonds is 4. The molecule has 1 aromatic rings. The number of pyridine rings is 1. The first-order valence-electron chi connectivity index (χ1n) is 8.91. The third-order valence-electron chi connectivity index (χ3n) is 4.93. The minimum atomic E-state index is -0.236. The summed E-state index contributed by atoms with van der Waals surface area (Å²) in [5, 5.41) is 13.2. The molecule has 24 heavy (non-hydrogen) atoms. The molecule has 1 fully saturated rings. The number of nitriles is 1. The molecule has 0 amide bonds. The number of anilines is 1. The normalized spacial score (nSPS) is 22.2. The van der Waals surface area contributed by atoms with Crippen molar-refractivity contribution in [3.63, 3.8) is 0 Å². The van der Waals surface area contributed by atoms with Crippen LogP contribution in [-0.4, -0.2) is 24.9 Å². The van der Waals surface area contributed by atoms with Gasteiger partial charge in [-0.1, -0.05) is 13.8 Å². The van der Waals surface area contributed by atoms with Gasteiger partial charge in [0.25, 0.3) is 5.82 Å². The van der Waals surface area contributed by atoms with Crippen molar-refractivity contribution in [3.8, 4) is 6.07 Å². The fraction of sp³-hybridized carbons (Fsp3) is 0.684. The van der Waals surface area contributed by atoms with Gasteiger partial charge >= 0.3 is 0 Å². The van der Waals surface area contributed by atoms with Crippen molar-refractivity contribution in [2.75, 3.05) is 18.5 Å². The Balaban J connectivity index is 1.98. The highest BCUT2D eigenvalue weighted by molar-refractivity contribution is 5.57. The standard InChI is InChI=1S/C19H27N3O2/c1-12(2)17-16-11-24-19(3,4)8-14(16)15(9-20)18(22-17)21-10-13-6-5-7-23-13/h12-13H,5-8,10-11H2,1-4H3,(H,21,22)/p+1/t13-/m1/s1. The molecule has 2 aliphatic rings. The number of hydrogen-bond donors (Lipinski definition) is 1. The van der Waals surface area contributed by atoms with E-state index in [1.165, 1.54) is 0 Å². The van der Waals surface area contributed by atoms with Gasteiger partial charge in [-0.3, -0.25) is 5.32 Å². The van der Waals surface area contributed by atoms with E-state index in [9.17, 15) is 5.26 Å². The molecule has 0 bridgehead atoms. The van der Waals surface area contributed by atoms with Crippen molar-refractivity contribution < 1.29 is 14.5 Å². The van der Waals surface area contributed by atoms with E-state index in [-0.39, 0.29) is 11.7 Å². The molecule has 1 aromatic heterocycles. The average molecular weight is 330 g/mol. The van der Waals surface area contributed by atoms with Crippen LogP contribution in [0.3, 0.4) is 0 Å². The van der Waals surface area contributed by atoms with E-state index in [0.29, 0.717) is 12.5 Å². The summed E-state index contributed by atoms with van der Waals surface area (Å²) < 4.78 is 11.7.